The molecule has 0 heterocycles. The predicted molar refractivity (Wildman–Crippen MR) is 112 cm³/mol. The van der Waals surface area contributed by atoms with Gasteiger partial charge in [-0.3, -0.25) is 14.4 Å². The van der Waals surface area contributed by atoms with Crippen LogP contribution in [0.3, 0.4) is 0 Å². The topological polar surface area (TPSA) is 179 Å². The Bertz CT molecular complexity index is 755. The molecule has 0 saturated heterocycles. The zero-order valence-corrected chi connectivity index (χ0v) is 17.7. The normalized spacial score (nSPS) is 14.9. The van der Waals surface area contributed by atoms with E-state index >= 15 is 0 Å². The van der Waals surface area contributed by atoms with Gasteiger partial charge in [0.2, 0.25) is 5.91 Å². The number of carbonyl (C=O) groups excluding carboxylic acids is 2. The fourth-order valence-corrected chi connectivity index (χ4v) is 2.95. The Kier molecular flexibility index (Phi) is 10.6. The Morgan fingerprint density at radius 2 is 1.55 bits per heavy atom. The van der Waals surface area contributed by atoms with Crippen molar-refractivity contribution in [2.75, 3.05) is 0 Å². The van der Waals surface area contributed by atoms with Crippen molar-refractivity contribution in [3.63, 3.8) is 0 Å². The molecule has 10 heteroatoms. The van der Waals surface area contributed by atoms with E-state index in [1.807, 2.05) is 32.0 Å². The van der Waals surface area contributed by atoms with Crippen LogP contribution in [-0.4, -0.2) is 63.3 Å². The molecule has 0 aromatic heterocycles. The van der Waals surface area contributed by atoms with E-state index in [2.05, 4.69) is 10.6 Å². The number of carbonyl (C=O) groups is 4. The lowest BCUT2D eigenvalue weighted by molar-refractivity contribution is -0.143. The molecule has 1 rings (SSSR count). The molecule has 0 unspecified atom stereocenters. The summed E-state index contributed by atoms with van der Waals surface area (Å²) < 4.78 is 0. The van der Waals surface area contributed by atoms with Crippen LogP contribution in [-0.2, 0) is 25.6 Å². The van der Waals surface area contributed by atoms with E-state index in [1.54, 1.807) is 12.1 Å². The number of hydrogen-bond acceptors (Lipinski definition) is 6. The summed E-state index contributed by atoms with van der Waals surface area (Å²) in [5.41, 5.74) is 6.78. The first-order valence-electron chi connectivity index (χ1n) is 10.0. The summed E-state index contributed by atoms with van der Waals surface area (Å²) in [6.45, 7) is 3.62. The molecule has 10 nitrogen and oxygen atoms in total. The van der Waals surface area contributed by atoms with Gasteiger partial charge in [0.05, 0.1) is 0 Å². The zero-order chi connectivity index (χ0) is 23.6. The van der Waals surface area contributed by atoms with Crippen molar-refractivity contribution < 1.29 is 34.5 Å². The lowest BCUT2D eigenvalue weighted by atomic mass is 9.99. The van der Waals surface area contributed by atoms with Crippen molar-refractivity contribution in [2.24, 2.45) is 11.7 Å². The molecule has 1 aromatic rings. The van der Waals surface area contributed by atoms with Crippen molar-refractivity contribution in [3.8, 4) is 0 Å². The van der Waals surface area contributed by atoms with Gasteiger partial charge in [-0.15, -0.1) is 0 Å². The Balaban J connectivity index is 2.80. The van der Waals surface area contributed by atoms with Crippen molar-refractivity contribution in [3.05, 3.63) is 35.9 Å². The van der Waals surface area contributed by atoms with Gasteiger partial charge in [-0.05, 0) is 30.7 Å². The summed E-state index contributed by atoms with van der Waals surface area (Å²) in [5.74, 6) is -4.23. The third kappa shape index (κ3) is 9.58. The SMILES string of the molecule is CC(C)C[C@H](NC(=O)[C@@H](O)[C@H](N)Cc1ccccc1)C(=O)N[C@@H](CCC(=O)O)C(=O)O. The minimum absolute atomic E-state index is 0.0338. The van der Waals surface area contributed by atoms with Crippen LogP contribution in [0.15, 0.2) is 30.3 Å². The third-order valence-electron chi connectivity index (χ3n) is 4.59. The Hall–Kier alpha value is -2.98. The molecule has 2 amide bonds. The monoisotopic (exact) mass is 437 g/mol. The van der Waals surface area contributed by atoms with Crippen LogP contribution in [0.25, 0.3) is 0 Å². The highest BCUT2D eigenvalue weighted by Gasteiger charge is 2.31. The van der Waals surface area contributed by atoms with E-state index in [1.165, 1.54) is 0 Å². The summed E-state index contributed by atoms with van der Waals surface area (Å²) in [6.07, 6.45) is -1.89. The number of aliphatic hydroxyl groups excluding tert-OH is 1. The molecule has 1 aromatic carbocycles. The van der Waals surface area contributed by atoms with E-state index in [-0.39, 0.29) is 25.2 Å². The van der Waals surface area contributed by atoms with E-state index < -0.39 is 54.4 Å². The molecule has 4 atom stereocenters. The number of hydrogen-bond donors (Lipinski definition) is 6. The summed E-state index contributed by atoms with van der Waals surface area (Å²) in [5, 5.41) is 33.0. The maximum absolute atomic E-state index is 12.6. The predicted octanol–water partition coefficient (Wildman–Crippen LogP) is -0.118. The first-order chi connectivity index (χ1) is 14.5. The number of rotatable bonds is 13. The van der Waals surface area contributed by atoms with Crippen LogP contribution in [0, 0.1) is 5.92 Å². The van der Waals surface area contributed by atoms with Crippen LogP contribution >= 0.6 is 0 Å². The maximum atomic E-state index is 12.6. The number of amides is 2. The average molecular weight is 437 g/mol. The van der Waals surface area contributed by atoms with Gasteiger partial charge in [-0.1, -0.05) is 44.2 Å². The quantitative estimate of drug-likeness (QED) is 0.247. The highest BCUT2D eigenvalue weighted by Crippen LogP contribution is 2.09. The van der Waals surface area contributed by atoms with E-state index in [0.717, 1.165) is 5.56 Å². The molecule has 31 heavy (non-hydrogen) atoms. The molecular formula is C21H31N3O7. The molecule has 0 aliphatic heterocycles. The minimum Gasteiger partial charge on any atom is -0.481 e. The first-order valence-corrected chi connectivity index (χ1v) is 10.0. The van der Waals surface area contributed by atoms with Gasteiger partial charge < -0.3 is 31.7 Å². The number of carboxylic acids is 2. The van der Waals surface area contributed by atoms with Gasteiger partial charge in [0.15, 0.2) is 0 Å². The van der Waals surface area contributed by atoms with Crippen molar-refractivity contribution in [1.29, 1.82) is 0 Å². The van der Waals surface area contributed by atoms with Gasteiger partial charge in [0, 0.05) is 12.5 Å². The summed E-state index contributed by atoms with van der Waals surface area (Å²) in [6, 6.07) is 5.62. The summed E-state index contributed by atoms with van der Waals surface area (Å²) in [4.78, 5) is 47.1. The van der Waals surface area contributed by atoms with E-state index in [0.29, 0.717) is 0 Å². The van der Waals surface area contributed by atoms with Crippen LogP contribution in [0.1, 0.15) is 38.7 Å². The fraction of sp³-hybridized carbons (Fsp3) is 0.524. The van der Waals surface area contributed by atoms with Gasteiger partial charge in [0.1, 0.15) is 18.2 Å². The first kappa shape index (κ1) is 26.1. The zero-order valence-electron chi connectivity index (χ0n) is 17.7. The lowest BCUT2D eigenvalue weighted by Gasteiger charge is -2.25. The molecule has 0 fully saturated rings. The van der Waals surface area contributed by atoms with Crippen LogP contribution in [0.4, 0.5) is 0 Å². The number of aliphatic carboxylic acids is 2. The molecule has 0 radical (unpaired) electrons. The number of aliphatic hydroxyl groups is 1. The fourth-order valence-electron chi connectivity index (χ4n) is 2.95. The van der Waals surface area contributed by atoms with E-state index in [9.17, 15) is 29.4 Å². The van der Waals surface area contributed by atoms with Crippen molar-refractivity contribution >= 4 is 23.8 Å². The summed E-state index contributed by atoms with van der Waals surface area (Å²) >= 11 is 0. The highest BCUT2D eigenvalue weighted by atomic mass is 16.4. The highest BCUT2D eigenvalue weighted by molar-refractivity contribution is 5.91. The molecule has 0 aliphatic rings. The second-order valence-electron chi connectivity index (χ2n) is 7.82. The third-order valence-corrected chi connectivity index (χ3v) is 4.59. The maximum Gasteiger partial charge on any atom is 0.326 e. The van der Waals surface area contributed by atoms with Crippen LogP contribution in [0.2, 0.25) is 0 Å². The molecule has 0 bridgehead atoms. The largest absolute Gasteiger partial charge is 0.481 e. The Morgan fingerprint density at radius 3 is 2.06 bits per heavy atom. The molecular weight excluding hydrogens is 406 g/mol. The number of nitrogens with two attached hydrogens (primary N) is 1. The van der Waals surface area contributed by atoms with Crippen molar-refractivity contribution in [1.82, 2.24) is 10.6 Å². The second kappa shape index (κ2) is 12.7. The number of nitrogens with one attached hydrogen (secondary N) is 2. The van der Waals surface area contributed by atoms with Gasteiger partial charge in [-0.2, -0.15) is 0 Å². The molecule has 172 valence electrons. The molecule has 7 N–H and O–H groups in total. The van der Waals surface area contributed by atoms with Crippen LogP contribution < -0.4 is 16.4 Å². The second-order valence-corrected chi connectivity index (χ2v) is 7.82. The Morgan fingerprint density at radius 1 is 0.968 bits per heavy atom. The van der Waals surface area contributed by atoms with Crippen LogP contribution in [0.5, 0.6) is 0 Å². The van der Waals surface area contributed by atoms with E-state index in [4.69, 9.17) is 10.8 Å². The summed E-state index contributed by atoms with van der Waals surface area (Å²) in [7, 11) is 0. The average Bonchev–Trinajstić information content (AvgIpc) is 2.69. The standard InChI is InChI=1S/C21H31N3O7/c1-12(2)10-16(19(28)23-15(21(30)31)8-9-17(25)26)24-20(29)18(27)14(22)11-13-6-4-3-5-7-13/h3-7,12,14-16,18,27H,8-11,22H2,1-2H3,(H,23,28)(H,24,29)(H,25,26)(H,30,31)/t14-,15+,16+,18+/m1/s1. The van der Waals surface area contributed by atoms with Crippen molar-refractivity contribution in [2.45, 2.75) is 63.8 Å². The van der Waals surface area contributed by atoms with Gasteiger partial charge in [-0.25, -0.2) is 4.79 Å². The Labute approximate surface area is 180 Å². The lowest BCUT2D eigenvalue weighted by Crippen LogP contribution is -2.56. The number of benzene rings is 1. The molecule has 0 aliphatic carbocycles. The van der Waals surface area contributed by atoms with Gasteiger partial charge in [0.25, 0.3) is 5.91 Å². The number of carboxylic acid groups (broad SMARTS) is 2. The molecule has 0 saturated carbocycles. The van der Waals surface area contributed by atoms with Gasteiger partial charge >= 0.3 is 11.9 Å². The minimum atomic E-state index is -1.58. The smallest absolute Gasteiger partial charge is 0.326 e. The molecule has 0 spiro atoms.